The molecule has 0 radical (unpaired) electrons. The van der Waals surface area contributed by atoms with Crippen molar-refractivity contribution in [3.05, 3.63) is 53.8 Å². The number of anilines is 1. The molecule has 2 atom stereocenters. The minimum Gasteiger partial charge on any atom is -0.325 e. The van der Waals surface area contributed by atoms with Gasteiger partial charge in [-0.1, -0.05) is 31.2 Å². The van der Waals surface area contributed by atoms with E-state index < -0.39 is 6.04 Å². The first-order chi connectivity index (χ1) is 12.6. The number of nitrogens with zero attached hydrogens (tertiary/aromatic N) is 1. The van der Waals surface area contributed by atoms with E-state index >= 15 is 0 Å². The van der Waals surface area contributed by atoms with Crippen molar-refractivity contribution in [2.75, 3.05) is 17.6 Å². The van der Waals surface area contributed by atoms with Gasteiger partial charge in [0.2, 0.25) is 5.91 Å². The van der Waals surface area contributed by atoms with Gasteiger partial charge < -0.3 is 10.2 Å². The second kappa shape index (κ2) is 6.76. The number of thioether (sulfide) groups is 1. The molecule has 1 fully saturated rings. The number of hydrogen-bond acceptors (Lipinski definition) is 3. The largest absolute Gasteiger partial charge is 0.325 e. The Bertz CT molecular complexity index is 886. The molecule has 0 aliphatic carbocycles. The lowest BCUT2D eigenvalue weighted by atomic mass is 10.0. The summed E-state index contributed by atoms with van der Waals surface area (Å²) in [6.45, 7) is 2.64. The number of benzene rings is 2. The van der Waals surface area contributed by atoms with Gasteiger partial charge in [-0.3, -0.25) is 9.59 Å². The lowest BCUT2D eigenvalue weighted by Gasteiger charge is -2.20. The summed E-state index contributed by atoms with van der Waals surface area (Å²) in [6.07, 6.45) is 0.671. The molecule has 2 aromatic carbocycles. The molecule has 1 N–H and O–H groups in total. The Morgan fingerprint density at radius 1 is 1.19 bits per heavy atom. The highest BCUT2D eigenvalue weighted by Crippen LogP contribution is 2.35. The van der Waals surface area contributed by atoms with Crippen molar-refractivity contribution in [3.63, 3.8) is 0 Å². The first kappa shape index (κ1) is 17.1. The standard InChI is InChI=1S/C20H19FN2O2S/c1-2-26-13-10-18-19(24)22-17-8-7-12(14-5-3-4-6-16(14)21)9-15(17)20(25)23(18)11-13/h3-9,13,18H,2,10-11H2,1H3,(H,22,24). The number of rotatable bonds is 3. The van der Waals surface area contributed by atoms with Crippen LogP contribution in [-0.4, -0.2) is 40.3 Å². The van der Waals surface area contributed by atoms with Gasteiger partial charge in [-0.05, 0) is 35.9 Å². The van der Waals surface area contributed by atoms with Crippen LogP contribution in [0.4, 0.5) is 10.1 Å². The van der Waals surface area contributed by atoms with Crippen molar-refractivity contribution < 1.29 is 14.0 Å². The summed E-state index contributed by atoms with van der Waals surface area (Å²) in [5.74, 6) is 0.307. The van der Waals surface area contributed by atoms with Crippen LogP contribution in [0.5, 0.6) is 0 Å². The third-order valence-electron chi connectivity index (χ3n) is 4.92. The van der Waals surface area contributed by atoms with Gasteiger partial charge in [0.25, 0.3) is 5.91 Å². The second-order valence-electron chi connectivity index (χ2n) is 6.52. The number of carbonyl (C=O) groups excluding carboxylic acids is 2. The predicted molar refractivity (Wildman–Crippen MR) is 102 cm³/mol. The molecule has 4 nitrogen and oxygen atoms in total. The Kier molecular flexibility index (Phi) is 4.44. The van der Waals surface area contributed by atoms with Crippen LogP contribution in [0.15, 0.2) is 42.5 Å². The first-order valence-corrected chi connectivity index (χ1v) is 9.75. The van der Waals surface area contributed by atoms with E-state index in [4.69, 9.17) is 0 Å². The summed E-state index contributed by atoms with van der Waals surface area (Å²) < 4.78 is 14.1. The lowest BCUT2D eigenvalue weighted by Crippen LogP contribution is -2.40. The summed E-state index contributed by atoms with van der Waals surface area (Å²) in [6, 6.07) is 11.1. The van der Waals surface area contributed by atoms with Crippen molar-refractivity contribution in [2.45, 2.75) is 24.6 Å². The van der Waals surface area contributed by atoms with Crippen molar-refractivity contribution in [3.8, 4) is 11.1 Å². The summed E-state index contributed by atoms with van der Waals surface area (Å²) in [5.41, 5.74) is 1.98. The Morgan fingerprint density at radius 3 is 2.77 bits per heavy atom. The van der Waals surface area contributed by atoms with E-state index in [1.807, 2.05) is 0 Å². The topological polar surface area (TPSA) is 49.4 Å². The quantitative estimate of drug-likeness (QED) is 0.895. The smallest absolute Gasteiger partial charge is 0.256 e. The summed E-state index contributed by atoms with van der Waals surface area (Å²) >= 11 is 1.78. The monoisotopic (exact) mass is 370 g/mol. The molecule has 4 rings (SSSR count). The Balaban J connectivity index is 1.74. The van der Waals surface area contributed by atoms with Gasteiger partial charge in [0.05, 0.1) is 11.3 Å². The molecule has 0 aromatic heterocycles. The molecule has 134 valence electrons. The normalized spacial score (nSPS) is 21.8. The highest BCUT2D eigenvalue weighted by Gasteiger charge is 2.42. The number of fused-ring (bicyclic) bond motifs is 2. The minimum atomic E-state index is -0.434. The summed E-state index contributed by atoms with van der Waals surface area (Å²) in [5, 5.41) is 3.15. The molecule has 2 unspecified atom stereocenters. The third-order valence-corrected chi connectivity index (χ3v) is 6.07. The maximum atomic E-state index is 14.1. The highest BCUT2D eigenvalue weighted by atomic mass is 32.2. The lowest BCUT2D eigenvalue weighted by molar-refractivity contribution is -0.119. The molecular weight excluding hydrogens is 351 g/mol. The van der Waals surface area contributed by atoms with Gasteiger partial charge in [-0.25, -0.2) is 4.39 Å². The van der Waals surface area contributed by atoms with E-state index in [2.05, 4.69) is 12.2 Å². The fourth-order valence-corrected chi connectivity index (χ4v) is 4.75. The van der Waals surface area contributed by atoms with E-state index in [-0.39, 0.29) is 22.9 Å². The molecule has 0 bridgehead atoms. The average Bonchev–Trinajstić information content (AvgIpc) is 3.03. The van der Waals surface area contributed by atoms with E-state index in [0.29, 0.717) is 35.3 Å². The van der Waals surface area contributed by atoms with Gasteiger partial charge in [0.1, 0.15) is 11.9 Å². The van der Waals surface area contributed by atoms with Gasteiger partial charge >= 0.3 is 0 Å². The van der Waals surface area contributed by atoms with Crippen molar-refractivity contribution in [1.82, 2.24) is 4.90 Å². The molecule has 2 aliphatic rings. The van der Waals surface area contributed by atoms with Crippen LogP contribution in [0.2, 0.25) is 0 Å². The highest BCUT2D eigenvalue weighted by molar-refractivity contribution is 7.99. The van der Waals surface area contributed by atoms with Gasteiger partial charge in [0.15, 0.2) is 0 Å². The minimum absolute atomic E-state index is 0.144. The van der Waals surface area contributed by atoms with Crippen molar-refractivity contribution >= 4 is 29.3 Å². The zero-order valence-corrected chi connectivity index (χ0v) is 15.2. The van der Waals surface area contributed by atoms with E-state index in [1.165, 1.54) is 6.07 Å². The van der Waals surface area contributed by atoms with E-state index in [0.717, 1.165) is 5.75 Å². The molecule has 0 saturated carbocycles. The molecule has 6 heteroatoms. The maximum absolute atomic E-state index is 14.1. The summed E-state index contributed by atoms with van der Waals surface area (Å²) in [7, 11) is 0. The van der Waals surface area contributed by atoms with Crippen molar-refractivity contribution in [1.29, 1.82) is 0 Å². The van der Waals surface area contributed by atoms with Gasteiger partial charge in [-0.2, -0.15) is 11.8 Å². The maximum Gasteiger partial charge on any atom is 0.256 e. The Hall–Kier alpha value is -2.34. The number of nitrogens with one attached hydrogen (secondary N) is 1. The van der Waals surface area contributed by atoms with Gasteiger partial charge in [-0.15, -0.1) is 0 Å². The van der Waals surface area contributed by atoms with E-state index in [9.17, 15) is 14.0 Å². The summed E-state index contributed by atoms with van der Waals surface area (Å²) in [4.78, 5) is 27.4. The predicted octanol–water partition coefficient (Wildman–Crippen LogP) is 3.78. The SMILES string of the molecule is CCSC1CC2C(=O)Nc3ccc(-c4ccccc4F)cc3C(=O)N2C1. The third kappa shape index (κ3) is 2.88. The van der Waals surface area contributed by atoms with Crippen LogP contribution >= 0.6 is 11.8 Å². The molecule has 2 amide bonds. The molecule has 2 heterocycles. The Morgan fingerprint density at radius 2 is 2.00 bits per heavy atom. The fourth-order valence-electron chi connectivity index (χ4n) is 3.69. The van der Waals surface area contributed by atoms with Crippen LogP contribution in [0, 0.1) is 5.82 Å². The van der Waals surface area contributed by atoms with Crippen LogP contribution in [0.3, 0.4) is 0 Å². The number of hydrogen-bond donors (Lipinski definition) is 1. The molecular formula is C20H19FN2O2S. The first-order valence-electron chi connectivity index (χ1n) is 8.71. The van der Waals surface area contributed by atoms with Crippen LogP contribution in [0.25, 0.3) is 11.1 Å². The molecule has 2 aliphatic heterocycles. The number of carbonyl (C=O) groups is 2. The van der Waals surface area contributed by atoms with Crippen LogP contribution in [-0.2, 0) is 4.79 Å². The molecule has 0 spiro atoms. The molecule has 1 saturated heterocycles. The second-order valence-corrected chi connectivity index (χ2v) is 8.09. The van der Waals surface area contributed by atoms with Crippen LogP contribution < -0.4 is 5.32 Å². The number of halogens is 1. The average molecular weight is 370 g/mol. The van der Waals surface area contributed by atoms with Gasteiger partial charge in [0, 0.05) is 17.4 Å². The van der Waals surface area contributed by atoms with Crippen LogP contribution in [0.1, 0.15) is 23.7 Å². The Labute approximate surface area is 155 Å². The van der Waals surface area contributed by atoms with E-state index in [1.54, 1.807) is 53.1 Å². The van der Waals surface area contributed by atoms with Crippen molar-refractivity contribution in [2.24, 2.45) is 0 Å². The number of amides is 2. The zero-order valence-electron chi connectivity index (χ0n) is 14.4. The fraction of sp³-hybridized carbons (Fsp3) is 0.300. The molecule has 26 heavy (non-hydrogen) atoms. The zero-order chi connectivity index (χ0) is 18.3. The molecule has 2 aromatic rings.